The van der Waals surface area contributed by atoms with Crippen molar-refractivity contribution in [2.45, 2.75) is 6.92 Å². The largest absolute Gasteiger partial charge is 0.395 e. The predicted octanol–water partition coefficient (Wildman–Crippen LogP) is 0.213. The molecule has 0 spiro atoms. The quantitative estimate of drug-likeness (QED) is 0.687. The van der Waals surface area contributed by atoms with Gasteiger partial charge in [0.15, 0.2) is 11.5 Å². The number of fused-ring (bicyclic) bond motifs is 1. The summed E-state index contributed by atoms with van der Waals surface area (Å²) < 4.78 is 0. The molecule has 7 heteroatoms. The highest BCUT2D eigenvalue weighted by atomic mass is 16.3. The van der Waals surface area contributed by atoms with Crippen LogP contribution in [0, 0.1) is 0 Å². The number of aromatic nitrogens is 4. The van der Waals surface area contributed by atoms with E-state index in [1.165, 1.54) is 0 Å². The molecule has 0 saturated heterocycles. The van der Waals surface area contributed by atoms with Gasteiger partial charge in [0.1, 0.15) is 5.52 Å². The van der Waals surface area contributed by atoms with Crippen molar-refractivity contribution < 1.29 is 5.11 Å². The van der Waals surface area contributed by atoms with Gasteiger partial charge in [-0.15, -0.1) is 0 Å². The SMILES string of the molecule is CCN(CCO)c1nc(NC)nc2nc[nH]c12. The number of hydrogen-bond donors (Lipinski definition) is 3. The molecular formula is C10H16N6O. The van der Waals surface area contributed by atoms with Gasteiger partial charge in [-0.3, -0.25) is 0 Å². The lowest BCUT2D eigenvalue weighted by atomic mass is 10.4. The summed E-state index contributed by atoms with van der Waals surface area (Å²) in [5, 5.41) is 12.0. The average molecular weight is 236 g/mol. The fraction of sp³-hybridized carbons (Fsp3) is 0.500. The molecule has 0 unspecified atom stereocenters. The Labute approximate surface area is 98.9 Å². The molecule has 0 atom stereocenters. The van der Waals surface area contributed by atoms with Crippen LogP contribution >= 0.6 is 0 Å². The molecule has 0 aromatic carbocycles. The van der Waals surface area contributed by atoms with Gasteiger partial charge in [-0.1, -0.05) is 0 Å². The van der Waals surface area contributed by atoms with Crippen molar-refractivity contribution in [3.05, 3.63) is 6.33 Å². The van der Waals surface area contributed by atoms with Gasteiger partial charge >= 0.3 is 0 Å². The number of rotatable bonds is 5. The molecule has 2 rings (SSSR count). The van der Waals surface area contributed by atoms with E-state index in [0.717, 1.165) is 17.9 Å². The summed E-state index contributed by atoms with van der Waals surface area (Å²) in [6, 6.07) is 0. The first-order chi connectivity index (χ1) is 8.30. The van der Waals surface area contributed by atoms with Crippen LogP contribution in [0.15, 0.2) is 6.33 Å². The number of nitrogens with zero attached hydrogens (tertiary/aromatic N) is 4. The maximum Gasteiger partial charge on any atom is 0.226 e. The summed E-state index contributed by atoms with van der Waals surface area (Å²) >= 11 is 0. The Bertz CT molecular complexity index is 497. The number of likely N-dealkylation sites (N-methyl/N-ethyl adjacent to an activating group) is 1. The molecule has 0 aliphatic carbocycles. The van der Waals surface area contributed by atoms with Crippen molar-refractivity contribution in [2.24, 2.45) is 0 Å². The fourth-order valence-electron chi connectivity index (χ4n) is 1.69. The zero-order chi connectivity index (χ0) is 12.3. The van der Waals surface area contributed by atoms with Crippen LogP contribution in [0.2, 0.25) is 0 Å². The van der Waals surface area contributed by atoms with Crippen molar-refractivity contribution in [2.75, 3.05) is 37.0 Å². The number of imidazole rings is 1. The summed E-state index contributed by atoms with van der Waals surface area (Å²) in [6.07, 6.45) is 1.59. The van der Waals surface area contributed by atoms with Crippen LogP contribution < -0.4 is 10.2 Å². The molecule has 92 valence electrons. The molecule has 0 bridgehead atoms. The third-order valence-corrected chi connectivity index (χ3v) is 2.54. The summed E-state index contributed by atoms with van der Waals surface area (Å²) in [5.74, 6) is 1.28. The zero-order valence-electron chi connectivity index (χ0n) is 9.93. The number of hydrogen-bond acceptors (Lipinski definition) is 6. The number of aliphatic hydroxyl groups is 1. The lowest BCUT2D eigenvalue weighted by Gasteiger charge is -2.21. The minimum atomic E-state index is 0.0857. The highest BCUT2D eigenvalue weighted by molar-refractivity contribution is 5.84. The topological polar surface area (TPSA) is 90.0 Å². The molecule has 0 fully saturated rings. The maximum absolute atomic E-state index is 9.05. The van der Waals surface area contributed by atoms with Gasteiger partial charge in [-0.2, -0.15) is 9.97 Å². The monoisotopic (exact) mass is 236 g/mol. The molecule has 0 amide bonds. The molecule has 7 nitrogen and oxygen atoms in total. The van der Waals surface area contributed by atoms with Crippen LogP contribution in [0.25, 0.3) is 11.2 Å². The van der Waals surface area contributed by atoms with Crippen LogP contribution in [0.1, 0.15) is 6.92 Å². The van der Waals surface area contributed by atoms with Crippen LogP contribution in [0.5, 0.6) is 0 Å². The van der Waals surface area contributed by atoms with E-state index in [4.69, 9.17) is 5.11 Å². The zero-order valence-corrected chi connectivity index (χ0v) is 9.93. The normalized spacial score (nSPS) is 10.8. The van der Waals surface area contributed by atoms with E-state index in [1.807, 2.05) is 11.8 Å². The van der Waals surface area contributed by atoms with Crippen molar-refractivity contribution in [1.82, 2.24) is 19.9 Å². The fourth-order valence-corrected chi connectivity index (χ4v) is 1.69. The second-order valence-electron chi connectivity index (χ2n) is 3.53. The molecule has 0 aliphatic heterocycles. The maximum atomic E-state index is 9.05. The Hall–Kier alpha value is -1.89. The first-order valence-electron chi connectivity index (χ1n) is 5.54. The molecule has 2 heterocycles. The van der Waals surface area contributed by atoms with E-state index in [1.54, 1.807) is 13.4 Å². The summed E-state index contributed by atoms with van der Waals surface area (Å²) in [6.45, 7) is 3.39. The third kappa shape index (κ3) is 2.14. The molecule has 0 radical (unpaired) electrons. The van der Waals surface area contributed by atoms with Gasteiger partial charge < -0.3 is 20.3 Å². The Morgan fingerprint density at radius 3 is 2.94 bits per heavy atom. The number of aromatic amines is 1. The highest BCUT2D eigenvalue weighted by Gasteiger charge is 2.14. The van der Waals surface area contributed by atoms with Crippen LogP contribution in [0.3, 0.4) is 0 Å². The third-order valence-electron chi connectivity index (χ3n) is 2.54. The highest BCUT2D eigenvalue weighted by Crippen LogP contribution is 2.22. The second-order valence-corrected chi connectivity index (χ2v) is 3.53. The van der Waals surface area contributed by atoms with Gasteiger partial charge in [-0.05, 0) is 6.92 Å². The van der Waals surface area contributed by atoms with Crippen molar-refractivity contribution in [3.8, 4) is 0 Å². The summed E-state index contributed by atoms with van der Waals surface area (Å²) in [4.78, 5) is 17.8. The number of aliphatic hydroxyl groups excluding tert-OH is 1. The number of H-pyrrole nitrogens is 1. The van der Waals surface area contributed by atoms with E-state index in [2.05, 4.69) is 25.3 Å². The first-order valence-corrected chi connectivity index (χ1v) is 5.54. The predicted molar refractivity (Wildman–Crippen MR) is 66.2 cm³/mol. The average Bonchev–Trinajstić information content (AvgIpc) is 2.82. The summed E-state index contributed by atoms with van der Waals surface area (Å²) in [7, 11) is 1.76. The number of anilines is 2. The number of nitrogens with one attached hydrogen (secondary N) is 2. The standard InChI is InChI=1S/C10H16N6O/c1-3-16(4-5-17)9-7-8(13-6-12-7)14-10(11-2)15-9/h6,17H,3-5H2,1-2H3,(H2,11,12,13,14,15). The summed E-state index contributed by atoms with van der Waals surface area (Å²) in [5.41, 5.74) is 1.41. The second kappa shape index (κ2) is 4.96. The van der Waals surface area contributed by atoms with E-state index in [-0.39, 0.29) is 6.61 Å². The van der Waals surface area contributed by atoms with Crippen molar-refractivity contribution in [1.29, 1.82) is 0 Å². The van der Waals surface area contributed by atoms with Crippen molar-refractivity contribution >= 4 is 22.9 Å². The lowest BCUT2D eigenvalue weighted by Crippen LogP contribution is -2.27. The van der Waals surface area contributed by atoms with Gasteiger partial charge in [0.05, 0.1) is 12.9 Å². The molecule has 0 saturated carbocycles. The van der Waals surface area contributed by atoms with E-state index < -0.39 is 0 Å². The lowest BCUT2D eigenvalue weighted by molar-refractivity contribution is 0.302. The van der Waals surface area contributed by atoms with E-state index in [0.29, 0.717) is 18.1 Å². The minimum Gasteiger partial charge on any atom is -0.395 e. The molecule has 3 N–H and O–H groups in total. The van der Waals surface area contributed by atoms with Gasteiger partial charge in [-0.25, -0.2) is 4.98 Å². The van der Waals surface area contributed by atoms with Gasteiger partial charge in [0.25, 0.3) is 0 Å². The van der Waals surface area contributed by atoms with Gasteiger partial charge in [0, 0.05) is 20.1 Å². The van der Waals surface area contributed by atoms with E-state index >= 15 is 0 Å². The Morgan fingerprint density at radius 1 is 1.47 bits per heavy atom. The Kier molecular flexibility index (Phi) is 3.38. The Balaban J connectivity index is 2.52. The molecular weight excluding hydrogens is 220 g/mol. The Morgan fingerprint density at radius 2 is 2.29 bits per heavy atom. The smallest absolute Gasteiger partial charge is 0.226 e. The van der Waals surface area contributed by atoms with Gasteiger partial charge in [0.2, 0.25) is 5.95 Å². The molecule has 2 aromatic rings. The minimum absolute atomic E-state index is 0.0857. The van der Waals surface area contributed by atoms with E-state index in [9.17, 15) is 0 Å². The molecule has 2 aromatic heterocycles. The molecule has 0 aliphatic rings. The first kappa shape index (κ1) is 11.6. The van der Waals surface area contributed by atoms with Crippen LogP contribution in [0.4, 0.5) is 11.8 Å². The van der Waals surface area contributed by atoms with Crippen LogP contribution in [-0.2, 0) is 0 Å². The van der Waals surface area contributed by atoms with Crippen molar-refractivity contribution in [3.63, 3.8) is 0 Å². The van der Waals surface area contributed by atoms with Crippen LogP contribution in [-0.4, -0.2) is 51.8 Å². The molecule has 17 heavy (non-hydrogen) atoms.